The SMILES string of the molecule is CN(CN)c1ccccn1. The Labute approximate surface area is 60.5 Å². The van der Waals surface area contributed by atoms with Gasteiger partial charge in [0.1, 0.15) is 5.82 Å². The van der Waals surface area contributed by atoms with E-state index in [0.717, 1.165) is 5.82 Å². The monoisotopic (exact) mass is 137 g/mol. The number of pyridine rings is 1. The second kappa shape index (κ2) is 3.17. The van der Waals surface area contributed by atoms with Crippen molar-refractivity contribution in [3.8, 4) is 0 Å². The Morgan fingerprint density at radius 1 is 1.60 bits per heavy atom. The molecular weight excluding hydrogens is 126 g/mol. The van der Waals surface area contributed by atoms with E-state index in [-0.39, 0.29) is 0 Å². The van der Waals surface area contributed by atoms with E-state index in [1.807, 2.05) is 30.1 Å². The quantitative estimate of drug-likeness (QED) is 0.601. The van der Waals surface area contributed by atoms with Crippen molar-refractivity contribution in [3.05, 3.63) is 24.4 Å². The molecule has 0 saturated heterocycles. The Morgan fingerprint density at radius 3 is 2.90 bits per heavy atom. The minimum absolute atomic E-state index is 0.497. The van der Waals surface area contributed by atoms with E-state index in [9.17, 15) is 0 Å². The highest BCUT2D eigenvalue weighted by Crippen LogP contribution is 2.03. The van der Waals surface area contributed by atoms with Crippen LogP contribution in [0.4, 0.5) is 5.82 Å². The zero-order chi connectivity index (χ0) is 7.40. The molecule has 0 bridgehead atoms. The van der Waals surface area contributed by atoms with Crippen LogP contribution in [0.5, 0.6) is 0 Å². The maximum atomic E-state index is 5.39. The molecule has 0 amide bonds. The van der Waals surface area contributed by atoms with Gasteiger partial charge in [0.15, 0.2) is 0 Å². The minimum Gasteiger partial charge on any atom is -0.347 e. The number of hydrogen-bond donors (Lipinski definition) is 1. The molecule has 1 heterocycles. The molecule has 2 N–H and O–H groups in total. The molecule has 0 unspecified atom stereocenters. The molecule has 54 valence electrons. The number of anilines is 1. The standard InChI is InChI=1S/C7H11N3/c1-10(6-8)7-4-2-3-5-9-7/h2-5H,6,8H2,1H3. The molecule has 0 radical (unpaired) electrons. The highest BCUT2D eigenvalue weighted by molar-refractivity contribution is 5.35. The van der Waals surface area contributed by atoms with Crippen molar-refractivity contribution < 1.29 is 0 Å². The first-order valence-corrected chi connectivity index (χ1v) is 3.17. The fraction of sp³-hybridized carbons (Fsp3) is 0.286. The number of rotatable bonds is 2. The number of nitrogens with two attached hydrogens (primary N) is 1. The summed E-state index contributed by atoms with van der Waals surface area (Å²) in [7, 11) is 1.91. The molecule has 0 saturated carbocycles. The number of nitrogens with zero attached hydrogens (tertiary/aromatic N) is 2. The molecule has 3 heteroatoms. The molecule has 1 aromatic heterocycles. The third-order valence-corrected chi connectivity index (χ3v) is 1.31. The van der Waals surface area contributed by atoms with Gasteiger partial charge in [0.25, 0.3) is 0 Å². The predicted molar refractivity (Wildman–Crippen MR) is 41.7 cm³/mol. The molecule has 0 fully saturated rings. The summed E-state index contributed by atoms with van der Waals surface area (Å²) in [5, 5.41) is 0. The van der Waals surface area contributed by atoms with Crippen molar-refractivity contribution in [2.45, 2.75) is 0 Å². The molecule has 0 spiro atoms. The van der Waals surface area contributed by atoms with Gasteiger partial charge in [0.2, 0.25) is 0 Å². The lowest BCUT2D eigenvalue weighted by atomic mass is 10.4. The van der Waals surface area contributed by atoms with Gasteiger partial charge < -0.3 is 10.6 Å². The molecule has 0 aliphatic heterocycles. The van der Waals surface area contributed by atoms with Crippen molar-refractivity contribution in [3.63, 3.8) is 0 Å². The number of hydrogen-bond acceptors (Lipinski definition) is 3. The van der Waals surface area contributed by atoms with Crippen LogP contribution in [0.25, 0.3) is 0 Å². The molecule has 10 heavy (non-hydrogen) atoms. The first-order valence-electron chi connectivity index (χ1n) is 3.17. The highest BCUT2D eigenvalue weighted by atomic mass is 15.2. The lowest BCUT2D eigenvalue weighted by molar-refractivity contribution is 0.908. The van der Waals surface area contributed by atoms with Crippen LogP contribution in [0.1, 0.15) is 0 Å². The van der Waals surface area contributed by atoms with Gasteiger partial charge in [-0.3, -0.25) is 0 Å². The predicted octanol–water partition coefficient (Wildman–Crippen LogP) is 0.434. The summed E-state index contributed by atoms with van der Waals surface area (Å²) in [5.74, 6) is 0.907. The fourth-order valence-corrected chi connectivity index (χ4v) is 0.673. The summed E-state index contributed by atoms with van der Waals surface area (Å²) in [6.45, 7) is 0.497. The Balaban J connectivity index is 2.75. The van der Waals surface area contributed by atoms with Gasteiger partial charge in [-0.05, 0) is 12.1 Å². The summed E-state index contributed by atoms with van der Waals surface area (Å²) in [5.41, 5.74) is 5.39. The number of aromatic nitrogens is 1. The van der Waals surface area contributed by atoms with E-state index in [2.05, 4.69) is 4.98 Å². The van der Waals surface area contributed by atoms with E-state index in [0.29, 0.717) is 6.67 Å². The van der Waals surface area contributed by atoms with Crippen molar-refractivity contribution >= 4 is 5.82 Å². The van der Waals surface area contributed by atoms with Gasteiger partial charge in [0.05, 0.1) is 6.67 Å². The van der Waals surface area contributed by atoms with E-state index >= 15 is 0 Å². The second-order valence-corrected chi connectivity index (χ2v) is 2.07. The third kappa shape index (κ3) is 1.45. The van der Waals surface area contributed by atoms with Crippen LogP contribution in [0.3, 0.4) is 0 Å². The second-order valence-electron chi connectivity index (χ2n) is 2.07. The average Bonchev–Trinajstić information content (AvgIpc) is 2.05. The maximum absolute atomic E-state index is 5.39. The molecule has 0 atom stereocenters. The maximum Gasteiger partial charge on any atom is 0.129 e. The lowest BCUT2D eigenvalue weighted by Gasteiger charge is -2.13. The van der Waals surface area contributed by atoms with Crippen LogP contribution < -0.4 is 10.6 Å². The Hall–Kier alpha value is -1.09. The summed E-state index contributed by atoms with van der Waals surface area (Å²) < 4.78 is 0. The average molecular weight is 137 g/mol. The van der Waals surface area contributed by atoms with E-state index in [1.165, 1.54) is 0 Å². The molecule has 1 rings (SSSR count). The van der Waals surface area contributed by atoms with Gasteiger partial charge in [-0.15, -0.1) is 0 Å². The van der Waals surface area contributed by atoms with Crippen LogP contribution in [0.2, 0.25) is 0 Å². The zero-order valence-corrected chi connectivity index (χ0v) is 5.99. The van der Waals surface area contributed by atoms with E-state index in [1.54, 1.807) is 6.20 Å². The van der Waals surface area contributed by atoms with Gasteiger partial charge in [-0.25, -0.2) is 4.98 Å². The largest absolute Gasteiger partial charge is 0.347 e. The van der Waals surface area contributed by atoms with Crippen LogP contribution >= 0.6 is 0 Å². The summed E-state index contributed by atoms with van der Waals surface area (Å²) in [4.78, 5) is 5.97. The Bertz CT molecular complexity index is 185. The van der Waals surface area contributed by atoms with Crippen molar-refractivity contribution in [1.29, 1.82) is 0 Å². The van der Waals surface area contributed by atoms with Crippen molar-refractivity contribution in [2.75, 3.05) is 18.6 Å². The lowest BCUT2D eigenvalue weighted by Crippen LogP contribution is -2.25. The van der Waals surface area contributed by atoms with Crippen molar-refractivity contribution in [1.82, 2.24) is 4.98 Å². The van der Waals surface area contributed by atoms with Crippen molar-refractivity contribution in [2.24, 2.45) is 5.73 Å². The van der Waals surface area contributed by atoms with Crippen LogP contribution in [-0.4, -0.2) is 18.7 Å². The van der Waals surface area contributed by atoms with E-state index in [4.69, 9.17) is 5.73 Å². The normalized spacial score (nSPS) is 9.40. The van der Waals surface area contributed by atoms with Crippen LogP contribution in [0, 0.1) is 0 Å². The van der Waals surface area contributed by atoms with Gasteiger partial charge in [-0.1, -0.05) is 6.07 Å². The molecule has 1 aromatic rings. The van der Waals surface area contributed by atoms with Crippen LogP contribution in [-0.2, 0) is 0 Å². The Morgan fingerprint density at radius 2 is 2.40 bits per heavy atom. The first kappa shape index (κ1) is 7.02. The summed E-state index contributed by atoms with van der Waals surface area (Å²) in [6.07, 6.45) is 1.75. The molecule has 3 nitrogen and oxygen atoms in total. The summed E-state index contributed by atoms with van der Waals surface area (Å²) >= 11 is 0. The first-order chi connectivity index (χ1) is 4.84. The minimum atomic E-state index is 0.497. The molecular formula is C7H11N3. The van der Waals surface area contributed by atoms with Crippen LogP contribution in [0.15, 0.2) is 24.4 Å². The van der Waals surface area contributed by atoms with Gasteiger partial charge in [0, 0.05) is 13.2 Å². The molecule has 0 aromatic carbocycles. The summed E-state index contributed by atoms with van der Waals surface area (Å²) in [6, 6.07) is 5.75. The molecule has 0 aliphatic rings. The fourth-order valence-electron chi connectivity index (χ4n) is 0.673. The zero-order valence-electron chi connectivity index (χ0n) is 5.99. The third-order valence-electron chi connectivity index (χ3n) is 1.31. The smallest absolute Gasteiger partial charge is 0.129 e. The highest BCUT2D eigenvalue weighted by Gasteiger charge is 1.94. The van der Waals surface area contributed by atoms with E-state index < -0.39 is 0 Å². The topological polar surface area (TPSA) is 42.1 Å². The van der Waals surface area contributed by atoms with Gasteiger partial charge >= 0.3 is 0 Å². The molecule has 0 aliphatic carbocycles. The van der Waals surface area contributed by atoms with Gasteiger partial charge in [-0.2, -0.15) is 0 Å². The Kier molecular flexibility index (Phi) is 2.23.